The lowest BCUT2D eigenvalue weighted by atomic mass is 10.3. The Morgan fingerprint density at radius 1 is 1.27 bits per heavy atom. The maximum atomic E-state index is 5.78. The number of anilines is 1. The van der Waals surface area contributed by atoms with Crippen LogP contribution in [-0.4, -0.2) is 9.78 Å². The smallest absolute Gasteiger partial charge is 0.127 e. The summed E-state index contributed by atoms with van der Waals surface area (Å²) < 4.78 is 1.69. The Balaban J connectivity index is 0.00000112. The highest BCUT2D eigenvalue weighted by atomic mass is 35.5. The molecule has 0 unspecified atom stereocenters. The fourth-order valence-electron chi connectivity index (χ4n) is 1.31. The van der Waals surface area contributed by atoms with Crippen LogP contribution in [0.4, 0.5) is 5.82 Å². The second-order valence-corrected chi connectivity index (χ2v) is 3.54. The number of hydrogen-bond donors (Lipinski definition) is 1. The monoisotopic (exact) mass is 243 g/mol. The van der Waals surface area contributed by atoms with Crippen molar-refractivity contribution in [3.05, 3.63) is 41.0 Å². The molecule has 0 spiro atoms. The molecule has 0 bridgehead atoms. The van der Waals surface area contributed by atoms with Crippen LogP contribution in [0.1, 0.15) is 5.69 Å². The summed E-state index contributed by atoms with van der Waals surface area (Å²) in [5, 5.41) is 4.96. The highest BCUT2D eigenvalue weighted by Gasteiger charge is 2.03. The number of benzene rings is 1. The first-order valence-corrected chi connectivity index (χ1v) is 4.63. The van der Waals surface area contributed by atoms with Gasteiger partial charge in [-0.1, -0.05) is 11.6 Å². The zero-order valence-electron chi connectivity index (χ0n) is 8.14. The van der Waals surface area contributed by atoms with Gasteiger partial charge in [-0.05, 0) is 31.2 Å². The third kappa shape index (κ3) is 2.43. The lowest BCUT2D eigenvalue weighted by Gasteiger charge is -2.02. The molecular weight excluding hydrogens is 233 g/mol. The van der Waals surface area contributed by atoms with Crippen LogP contribution in [-0.2, 0) is 0 Å². The van der Waals surface area contributed by atoms with Gasteiger partial charge in [-0.2, -0.15) is 5.10 Å². The fourth-order valence-corrected chi connectivity index (χ4v) is 1.43. The average molecular weight is 244 g/mol. The number of nitrogens with two attached hydrogens (primary N) is 1. The average Bonchev–Trinajstić information content (AvgIpc) is 2.47. The summed E-state index contributed by atoms with van der Waals surface area (Å²) in [7, 11) is 0. The number of nitrogens with zero attached hydrogens (tertiary/aromatic N) is 2. The van der Waals surface area contributed by atoms with Gasteiger partial charge in [-0.15, -0.1) is 12.4 Å². The maximum Gasteiger partial charge on any atom is 0.127 e. The molecule has 0 aliphatic carbocycles. The molecule has 0 atom stereocenters. The van der Waals surface area contributed by atoms with Gasteiger partial charge in [0.2, 0.25) is 0 Å². The van der Waals surface area contributed by atoms with Crippen LogP contribution in [0.5, 0.6) is 0 Å². The molecule has 0 saturated carbocycles. The molecule has 3 nitrogen and oxygen atoms in total. The largest absolute Gasteiger partial charge is 0.384 e. The second-order valence-electron chi connectivity index (χ2n) is 3.10. The summed E-state index contributed by atoms with van der Waals surface area (Å²) in [6.07, 6.45) is 0. The maximum absolute atomic E-state index is 5.78. The summed E-state index contributed by atoms with van der Waals surface area (Å²) >= 11 is 5.78. The van der Waals surface area contributed by atoms with Crippen molar-refractivity contribution < 1.29 is 0 Å². The predicted octanol–water partition coefficient (Wildman–Crippen LogP) is 2.84. The van der Waals surface area contributed by atoms with Gasteiger partial charge in [-0.25, -0.2) is 4.68 Å². The van der Waals surface area contributed by atoms with E-state index in [0.717, 1.165) is 11.4 Å². The molecule has 2 aromatic rings. The number of aromatic nitrogens is 2. The lowest BCUT2D eigenvalue weighted by Crippen LogP contribution is -2.01. The van der Waals surface area contributed by atoms with Crippen LogP contribution in [0.2, 0.25) is 5.02 Å². The van der Waals surface area contributed by atoms with E-state index in [-0.39, 0.29) is 12.4 Å². The molecule has 2 N–H and O–H groups in total. The Kier molecular flexibility index (Phi) is 3.61. The molecular formula is C10H11Cl2N3. The number of nitrogen functional groups attached to an aromatic ring is 1. The minimum atomic E-state index is 0. The van der Waals surface area contributed by atoms with Gasteiger partial charge in [0, 0.05) is 11.1 Å². The minimum absolute atomic E-state index is 0. The Morgan fingerprint density at radius 2 is 1.87 bits per heavy atom. The molecule has 0 aliphatic rings. The van der Waals surface area contributed by atoms with Gasteiger partial charge in [0.15, 0.2) is 0 Å². The van der Waals surface area contributed by atoms with Crippen LogP contribution >= 0.6 is 24.0 Å². The summed E-state index contributed by atoms with van der Waals surface area (Å²) in [5.41, 5.74) is 7.60. The first-order chi connectivity index (χ1) is 6.66. The SMILES string of the molecule is Cc1cc(N)n(-c2ccc(Cl)cc2)n1.Cl. The van der Waals surface area contributed by atoms with Gasteiger partial charge in [-0.3, -0.25) is 0 Å². The van der Waals surface area contributed by atoms with E-state index in [1.807, 2.05) is 37.3 Å². The molecule has 5 heteroatoms. The summed E-state index contributed by atoms with van der Waals surface area (Å²) in [6.45, 7) is 1.91. The number of hydrogen-bond acceptors (Lipinski definition) is 2. The molecule has 0 fully saturated rings. The third-order valence-corrected chi connectivity index (χ3v) is 2.18. The lowest BCUT2D eigenvalue weighted by molar-refractivity contribution is 0.872. The molecule has 0 amide bonds. The van der Waals surface area contributed by atoms with E-state index in [9.17, 15) is 0 Å². The van der Waals surface area contributed by atoms with Gasteiger partial charge in [0.05, 0.1) is 11.4 Å². The van der Waals surface area contributed by atoms with Gasteiger partial charge in [0.1, 0.15) is 5.82 Å². The minimum Gasteiger partial charge on any atom is -0.384 e. The number of aryl methyl sites for hydroxylation is 1. The van der Waals surface area contributed by atoms with Crippen molar-refractivity contribution in [2.24, 2.45) is 0 Å². The van der Waals surface area contributed by atoms with E-state index >= 15 is 0 Å². The van der Waals surface area contributed by atoms with Crippen LogP contribution in [0.3, 0.4) is 0 Å². The van der Waals surface area contributed by atoms with Gasteiger partial charge in [0.25, 0.3) is 0 Å². The summed E-state index contributed by atoms with van der Waals surface area (Å²) in [6, 6.07) is 9.21. The number of halogens is 2. The van der Waals surface area contributed by atoms with E-state index in [4.69, 9.17) is 17.3 Å². The van der Waals surface area contributed by atoms with E-state index < -0.39 is 0 Å². The van der Waals surface area contributed by atoms with Crippen molar-refractivity contribution >= 4 is 29.8 Å². The number of rotatable bonds is 1. The van der Waals surface area contributed by atoms with E-state index in [1.165, 1.54) is 0 Å². The zero-order chi connectivity index (χ0) is 10.1. The van der Waals surface area contributed by atoms with Crippen molar-refractivity contribution in [3.63, 3.8) is 0 Å². The van der Waals surface area contributed by atoms with Crippen LogP contribution in [0, 0.1) is 6.92 Å². The second kappa shape index (κ2) is 4.55. The van der Waals surface area contributed by atoms with Crippen molar-refractivity contribution in [3.8, 4) is 5.69 Å². The van der Waals surface area contributed by atoms with Crippen molar-refractivity contribution in [2.75, 3.05) is 5.73 Å². The molecule has 80 valence electrons. The molecule has 0 radical (unpaired) electrons. The Morgan fingerprint density at radius 3 is 2.33 bits per heavy atom. The summed E-state index contributed by atoms with van der Waals surface area (Å²) in [4.78, 5) is 0. The van der Waals surface area contributed by atoms with Crippen molar-refractivity contribution in [1.82, 2.24) is 9.78 Å². The normalized spacial score (nSPS) is 9.73. The predicted molar refractivity (Wildman–Crippen MR) is 65.0 cm³/mol. The summed E-state index contributed by atoms with van der Waals surface area (Å²) in [5.74, 6) is 0.629. The highest BCUT2D eigenvalue weighted by Crippen LogP contribution is 2.16. The third-order valence-electron chi connectivity index (χ3n) is 1.93. The zero-order valence-corrected chi connectivity index (χ0v) is 9.72. The van der Waals surface area contributed by atoms with Crippen LogP contribution in [0.15, 0.2) is 30.3 Å². The molecule has 2 rings (SSSR count). The van der Waals surface area contributed by atoms with E-state index in [2.05, 4.69) is 5.10 Å². The Labute approximate surface area is 99.3 Å². The first kappa shape index (κ1) is 11.9. The molecule has 1 heterocycles. The topological polar surface area (TPSA) is 43.8 Å². The highest BCUT2D eigenvalue weighted by molar-refractivity contribution is 6.30. The molecule has 0 aliphatic heterocycles. The molecule has 0 saturated heterocycles. The quantitative estimate of drug-likeness (QED) is 0.838. The van der Waals surface area contributed by atoms with E-state index in [0.29, 0.717) is 10.8 Å². The van der Waals surface area contributed by atoms with Gasteiger partial charge < -0.3 is 5.73 Å². The van der Waals surface area contributed by atoms with Crippen molar-refractivity contribution in [2.45, 2.75) is 6.92 Å². The standard InChI is InChI=1S/C10H10ClN3.ClH/c1-7-6-10(12)14(13-7)9-4-2-8(11)3-5-9;/h2-6H,12H2,1H3;1H. The molecule has 1 aromatic heterocycles. The molecule has 15 heavy (non-hydrogen) atoms. The van der Waals surface area contributed by atoms with E-state index in [1.54, 1.807) is 4.68 Å². The Bertz CT molecular complexity index is 448. The van der Waals surface area contributed by atoms with Crippen molar-refractivity contribution in [1.29, 1.82) is 0 Å². The Hall–Kier alpha value is -1.19. The molecule has 1 aromatic carbocycles. The first-order valence-electron chi connectivity index (χ1n) is 4.25. The van der Waals surface area contributed by atoms with Crippen LogP contribution in [0.25, 0.3) is 5.69 Å². The van der Waals surface area contributed by atoms with Crippen LogP contribution < -0.4 is 5.73 Å². The fraction of sp³-hybridized carbons (Fsp3) is 0.100. The van der Waals surface area contributed by atoms with Gasteiger partial charge >= 0.3 is 0 Å².